The highest BCUT2D eigenvalue weighted by molar-refractivity contribution is 9.10. The van der Waals surface area contributed by atoms with Gasteiger partial charge in [-0.2, -0.15) is 46.5 Å². The maximum Gasteiger partial charge on any atom is 0.488 e. The zero-order valence-corrected chi connectivity index (χ0v) is 46.1. The molecule has 0 unspecified atom stereocenters. The number of carbonyl (C=O) groups excluding carboxylic acids is 2. The largest absolute Gasteiger partial charge is 0.497 e. The van der Waals surface area contributed by atoms with Crippen LogP contribution in [0.1, 0.15) is 43.5 Å². The number of anilines is 4. The molecule has 0 spiro atoms. The number of rotatable bonds is 12. The van der Waals surface area contributed by atoms with E-state index in [9.17, 15) is 52.8 Å². The number of hydrogen-bond acceptors (Lipinski definition) is 20. The molecule has 34 heteroatoms. The minimum Gasteiger partial charge on any atom is -0.497 e. The number of ether oxygens (including phenoxy) is 4. The molecule has 8 aromatic rings. The van der Waals surface area contributed by atoms with Crippen LogP contribution in [0.3, 0.4) is 0 Å². The highest BCUT2D eigenvalue weighted by Gasteiger charge is 2.38. The first kappa shape index (κ1) is 59.3. The molecule has 82 heavy (non-hydrogen) atoms. The van der Waals surface area contributed by atoms with Crippen LogP contribution in [0.25, 0.3) is 22.8 Å². The Morgan fingerprint density at radius 2 is 0.988 bits per heavy atom. The number of methoxy groups -OCH3 is 4. The van der Waals surface area contributed by atoms with Gasteiger partial charge in [0.25, 0.3) is 31.9 Å². The summed E-state index contributed by atoms with van der Waals surface area (Å²) < 4.78 is 153. The molecule has 2 aliphatic rings. The summed E-state index contributed by atoms with van der Waals surface area (Å²) in [5.41, 5.74) is -0.302. The Labute approximate surface area is 468 Å². The first-order valence-corrected chi connectivity index (χ1v) is 26.8. The van der Waals surface area contributed by atoms with Gasteiger partial charge in [0.15, 0.2) is 23.0 Å². The van der Waals surface area contributed by atoms with Crippen molar-refractivity contribution in [2.75, 3.05) is 39.1 Å². The Bertz CT molecular complexity index is 4010. The Balaban J connectivity index is 0.000000177. The molecule has 10 rings (SSSR count). The lowest BCUT2D eigenvalue weighted by Crippen LogP contribution is -2.30. The van der Waals surface area contributed by atoms with Crippen LogP contribution in [0.5, 0.6) is 23.0 Å². The van der Waals surface area contributed by atoms with Gasteiger partial charge in [0, 0.05) is 77.1 Å². The Morgan fingerprint density at radius 3 is 1.41 bits per heavy atom. The van der Waals surface area contributed by atoms with E-state index >= 15 is 0 Å². The van der Waals surface area contributed by atoms with Gasteiger partial charge in [-0.15, -0.1) is 0 Å². The number of fused-ring (bicyclic) bond motifs is 2. The normalized spacial score (nSPS) is 13.7. The molecule has 6 heterocycles. The van der Waals surface area contributed by atoms with Crippen molar-refractivity contribution in [2.24, 2.45) is 0 Å². The second-order valence-electron chi connectivity index (χ2n) is 17.1. The first-order valence-electron chi connectivity index (χ1n) is 23.0. The number of nitrogens with one attached hydrogen (secondary N) is 4. The van der Waals surface area contributed by atoms with Crippen molar-refractivity contribution < 1.29 is 81.8 Å². The van der Waals surface area contributed by atoms with Gasteiger partial charge in [0.05, 0.1) is 44.0 Å². The molecule has 428 valence electrons. The second kappa shape index (κ2) is 22.9. The molecular formula is C48H40BBrF6N12O12S2. The maximum atomic E-state index is 13.4. The lowest BCUT2D eigenvalue weighted by atomic mass is 9.79. The summed E-state index contributed by atoms with van der Waals surface area (Å²) in [5, 5.41) is 31.0. The van der Waals surface area contributed by atoms with Gasteiger partial charge >= 0.3 is 19.5 Å². The van der Waals surface area contributed by atoms with Gasteiger partial charge in [-0.1, -0.05) is 12.1 Å². The number of alkyl halides is 6. The summed E-state index contributed by atoms with van der Waals surface area (Å²) in [6.45, 7) is 2.94. The lowest BCUT2D eigenvalue weighted by Gasteiger charge is -2.14. The van der Waals surface area contributed by atoms with Crippen LogP contribution >= 0.6 is 15.9 Å². The van der Waals surface area contributed by atoms with E-state index in [0.29, 0.717) is 38.8 Å². The summed E-state index contributed by atoms with van der Waals surface area (Å²) in [6, 6.07) is 19.3. The standard InChI is InChI=1S/C24H19F3N6O5S.C17H15BrF3N5O2.C7H6BNO5S/c1-12-6-20(24(25,26)27)31-33(12)21-18(13-4-5-19-17(7-13)22(34)32-39(19,35)36)11-28-23(30-21)29-14-8-15(37-2)10-16(9-14)38-3;1-9-4-14(17(19,20)21)25-26(9)15-13(18)8-22-16(24-15)23-10-5-11(27-2)7-12(6-10)28-3;10-7-5-3-4(8(11)12)1-2-6(5)15(13,14)9-7/h4-11H,1-3H3,(H,32,34)(H,28,29,30);4-8H,1-3H3,(H,22,23,24);1-3,11-12H,(H,9,10). The molecule has 0 radical (unpaired) electrons. The highest BCUT2D eigenvalue weighted by Crippen LogP contribution is 2.36. The molecule has 0 aliphatic carbocycles. The highest BCUT2D eigenvalue weighted by atomic mass is 79.9. The number of hydrogen-bond donors (Lipinski definition) is 6. The van der Waals surface area contributed by atoms with Crippen molar-refractivity contribution in [3.8, 4) is 45.8 Å². The van der Waals surface area contributed by atoms with Gasteiger partial charge < -0.3 is 39.6 Å². The SMILES string of the molecule is COc1cc(Nc2ncc(-c3ccc4c(c3)C(=O)NS4(=O)=O)c(-n3nc(C(F)(F)F)cc3C)n2)cc(OC)c1.COc1cc(Nc2ncc(Br)c(-n3nc(C(F)(F)F)cc3C)n2)cc(OC)c1.O=C1NS(=O)(=O)c2ccc(B(O)O)cc21. The third-order valence-electron chi connectivity index (χ3n) is 11.6. The van der Waals surface area contributed by atoms with Crippen molar-refractivity contribution in [3.05, 3.63) is 136 Å². The second-order valence-corrected chi connectivity index (χ2v) is 21.3. The van der Waals surface area contributed by atoms with E-state index in [-0.39, 0.29) is 72.4 Å². The predicted octanol–water partition coefficient (Wildman–Crippen LogP) is 6.16. The van der Waals surface area contributed by atoms with Gasteiger partial charge in [0.1, 0.15) is 32.8 Å². The molecule has 2 aliphatic heterocycles. The van der Waals surface area contributed by atoms with Gasteiger partial charge in [-0.25, -0.2) is 45.6 Å². The van der Waals surface area contributed by atoms with E-state index in [4.69, 9.17) is 29.0 Å². The average Bonchev–Trinajstić information content (AvgIpc) is 3.30. The Hall–Kier alpha value is -8.86. The molecule has 0 saturated carbocycles. The number of benzene rings is 4. The summed E-state index contributed by atoms with van der Waals surface area (Å²) in [4.78, 5) is 40.3. The summed E-state index contributed by atoms with van der Waals surface area (Å²) in [6.07, 6.45) is -6.49. The van der Waals surface area contributed by atoms with Crippen LogP contribution in [0.2, 0.25) is 0 Å². The van der Waals surface area contributed by atoms with Crippen molar-refractivity contribution in [1.29, 1.82) is 0 Å². The van der Waals surface area contributed by atoms with Crippen LogP contribution in [0.15, 0.2) is 112 Å². The van der Waals surface area contributed by atoms with Gasteiger partial charge in [-0.3, -0.25) is 9.59 Å². The molecule has 2 amide bonds. The topological polar surface area (TPSA) is 315 Å². The van der Waals surface area contributed by atoms with Crippen LogP contribution < -0.4 is 44.5 Å². The van der Waals surface area contributed by atoms with E-state index in [1.165, 1.54) is 78.9 Å². The lowest BCUT2D eigenvalue weighted by molar-refractivity contribution is -0.142. The molecule has 0 fully saturated rings. The smallest absolute Gasteiger partial charge is 0.488 e. The van der Waals surface area contributed by atoms with Crippen molar-refractivity contribution in [3.63, 3.8) is 0 Å². The molecule has 24 nitrogen and oxygen atoms in total. The number of amides is 2. The number of carbonyl (C=O) groups is 2. The first-order chi connectivity index (χ1) is 38.5. The van der Waals surface area contributed by atoms with Gasteiger partial charge in [-0.05, 0) is 77.2 Å². The zero-order valence-electron chi connectivity index (χ0n) is 42.8. The monoisotopic (exact) mass is 1240 g/mol. The molecule has 6 N–H and O–H groups in total. The van der Waals surface area contributed by atoms with Crippen LogP contribution in [0.4, 0.5) is 49.6 Å². The van der Waals surface area contributed by atoms with E-state index in [2.05, 4.69) is 56.7 Å². The van der Waals surface area contributed by atoms with Crippen LogP contribution in [0, 0.1) is 13.8 Å². The average molecular weight is 1250 g/mol. The fourth-order valence-corrected chi connectivity index (χ4v) is 10.4. The third kappa shape index (κ3) is 12.8. The van der Waals surface area contributed by atoms with E-state index in [1.54, 1.807) is 41.1 Å². The summed E-state index contributed by atoms with van der Waals surface area (Å²) >= 11 is 3.26. The molecule has 4 aromatic heterocycles. The quantitative estimate of drug-likeness (QED) is 0.0589. The molecule has 0 saturated heterocycles. The molecular weight excluding hydrogens is 1210 g/mol. The molecule has 4 aromatic carbocycles. The van der Waals surface area contributed by atoms with Crippen LogP contribution in [-0.2, 0) is 32.4 Å². The zero-order chi connectivity index (χ0) is 59.8. The van der Waals surface area contributed by atoms with E-state index < -0.39 is 62.7 Å². The van der Waals surface area contributed by atoms with Crippen molar-refractivity contribution >= 4 is 83.6 Å². The fraction of sp³-hybridized carbons (Fsp3) is 0.167. The van der Waals surface area contributed by atoms with Crippen molar-refractivity contribution in [1.82, 2.24) is 48.9 Å². The van der Waals surface area contributed by atoms with Crippen LogP contribution in [-0.4, -0.2) is 114 Å². The number of nitrogens with zero attached hydrogens (tertiary/aromatic N) is 8. The van der Waals surface area contributed by atoms with Gasteiger partial charge in [0.2, 0.25) is 11.9 Å². The molecule has 0 atom stereocenters. The number of halogens is 7. The van der Waals surface area contributed by atoms with E-state index in [1.807, 2.05) is 4.72 Å². The van der Waals surface area contributed by atoms with E-state index in [0.717, 1.165) is 33.6 Å². The molecule has 0 bridgehead atoms. The Morgan fingerprint density at radius 1 is 0.573 bits per heavy atom. The maximum absolute atomic E-state index is 13.4. The minimum atomic E-state index is -4.71. The number of aryl methyl sites for hydroxylation is 2. The van der Waals surface area contributed by atoms with Crippen molar-refractivity contribution in [2.45, 2.75) is 36.0 Å². The fourth-order valence-electron chi connectivity index (χ4n) is 7.73. The minimum absolute atomic E-state index is 0.00833. The predicted molar refractivity (Wildman–Crippen MR) is 282 cm³/mol. The summed E-state index contributed by atoms with van der Waals surface area (Å²) in [5.74, 6) is 0.758. The number of sulfonamides is 2. The third-order valence-corrected chi connectivity index (χ3v) is 14.9. The Kier molecular flexibility index (Phi) is 16.6. The number of aromatic nitrogens is 8. The summed E-state index contributed by atoms with van der Waals surface area (Å²) in [7, 11) is -3.49.